The first-order valence-corrected chi connectivity index (χ1v) is 11.3. The number of rotatable bonds is 8. The second kappa shape index (κ2) is 9.76. The van der Waals surface area contributed by atoms with Gasteiger partial charge in [0.25, 0.3) is 5.91 Å². The highest BCUT2D eigenvalue weighted by Gasteiger charge is 2.22. The molecule has 0 fully saturated rings. The first-order chi connectivity index (χ1) is 13.6. The fraction of sp³-hybridized carbons (Fsp3) is 0.300. The van der Waals surface area contributed by atoms with Crippen LogP contribution in [-0.4, -0.2) is 39.1 Å². The number of benzene rings is 2. The Morgan fingerprint density at radius 1 is 1.14 bits per heavy atom. The molecule has 156 valence electrons. The maximum atomic E-state index is 12.6. The third kappa shape index (κ3) is 6.47. The Kier molecular flexibility index (Phi) is 7.64. The van der Waals surface area contributed by atoms with Crippen molar-refractivity contribution in [2.24, 2.45) is 0 Å². The van der Waals surface area contributed by atoms with Gasteiger partial charge in [-0.2, -0.15) is 0 Å². The molecule has 7 nitrogen and oxygen atoms in total. The zero-order chi connectivity index (χ0) is 21.6. The lowest BCUT2D eigenvalue weighted by Gasteiger charge is -2.22. The van der Waals surface area contributed by atoms with Crippen molar-refractivity contribution in [3.8, 4) is 0 Å². The molecule has 0 saturated carbocycles. The predicted octanol–water partition coefficient (Wildman–Crippen LogP) is 3.27. The lowest BCUT2D eigenvalue weighted by atomic mass is 10.1. The van der Waals surface area contributed by atoms with E-state index in [0.29, 0.717) is 16.3 Å². The molecule has 0 unspecified atom stereocenters. The smallest absolute Gasteiger partial charge is 0.253 e. The minimum Gasteiger partial charge on any atom is -0.350 e. The molecule has 2 rings (SSSR count). The highest BCUT2D eigenvalue weighted by Crippen LogP contribution is 2.22. The Hall–Kier alpha value is -2.58. The Morgan fingerprint density at radius 3 is 2.45 bits per heavy atom. The van der Waals surface area contributed by atoms with E-state index in [2.05, 4.69) is 10.6 Å². The van der Waals surface area contributed by atoms with Gasteiger partial charge in [0, 0.05) is 11.1 Å². The molecule has 0 saturated heterocycles. The van der Waals surface area contributed by atoms with E-state index in [9.17, 15) is 18.0 Å². The van der Waals surface area contributed by atoms with Crippen molar-refractivity contribution < 1.29 is 18.0 Å². The first-order valence-electron chi connectivity index (χ1n) is 9.04. The average molecular weight is 438 g/mol. The van der Waals surface area contributed by atoms with Gasteiger partial charge in [-0.05, 0) is 43.7 Å². The lowest BCUT2D eigenvalue weighted by molar-refractivity contribution is -0.114. The number of amides is 2. The van der Waals surface area contributed by atoms with E-state index in [4.69, 9.17) is 11.6 Å². The molecule has 0 aromatic heterocycles. The zero-order valence-corrected chi connectivity index (χ0v) is 18.0. The van der Waals surface area contributed by atoms with Crippen LogP contribution in [0.1, 0.15) is 30.6 Å². The molecular weight excluding hydrogens is 414 g/mol. The zero-order valence-electron chi connectivity index (χ0n) is 16.5. The van der Waals surface area contributed by atoms with Gasteiger partial charge in [0.1, 0.15) is 6.54 Å². The van der Waals surface area contributed by atoms with Gasteiger partial charge in [-0.3, -0.25) is 13.9 Å². The summed E-state index contributed by atoms with van der Waals surface area (Å²) in [5.74, 6) is -0.899. The molecule has 2 N–H and O–H groups in total. The molecular formula is C20H24ClN3O4S. The van der Waals surface area contributed by atoms with Gasteiger partial charge in [-0.15, -0.1) is 0 Å². The van der Waals surface area contributed by atoms with Crippen molar-refractivity contribution in [2.45, 2.75) is 26.3 Å². The molecule has 0 aliphatic rings. The minimum atomic E-state index is -3.73. The summed E-state index contributed by atoms with van der Waals surface area (Å²) in [5, 5.41) is 5.83. The van der Waals surface area contributed by atoms with Gasteiger partial charge in [0.15, 0.2) is 0 Å². The van der Waals surface area contributed by atoms with Crippen molar-refractivity contribution in [3.05, 3.63) is 59.1 Å². The maximum Gasteiger partial charge on any atom is 0.253 e. The Bertz CT molecular complexity index is 995. The molecule has 0 spiro atoms. The van der Waals surface area contributed by atoms with Crippen LogP contribution in [0.4, 0.5) is 11.4 Å². The van der Waals surface area contributed by atoms with Crippen LogP contribution in [0.3, 0.4) is 0 Å². The molecule has 2 aromatic carbocycles. The summed E-state index contributed by atoms with van der Waals surface area (Å²) in [6.07, 6.45) is 1.78. The Morgan fingerprint density at radius 2 is 1.83 bits per heavy atom. The molecule has 0 aliphatic heterocycles. The van der Waals surface area contributed by atoms with Crippen LogP contribution in [0.2, 0.25) is 5.02 Å². The molecule has 0 heterocycles. The van der Waals surface area contributed by atoms with Crippen LogP contribution in [0.5, 0.6) is 0 Å². The number of hydrogen-bond donors (Lipinski definition) is 2. The minimum absolute atomic E-state index is 0.0187. The second-order valence-electron chi connectivity index (χ2n) is 6.63. The summed E-state index contributed by atoms with van der Waals surface area (Å²) in [7, 11) is -3.73. The number of nitrogens with zero attached hydrogens (tertiary/aromatic N) is 1. The Labute approximate surface area is 176 Å². The van der Waals surface area contributed by atoms with Gasteiger partial charge < -0.3 is 10.6 Å². The normalized spacial score (nSPS) is 12.1. The van der Waals surface area contributed by atoms with E-state index in [0.717, 1.165) is 17.0 Å². The van der Waals surface area contributed by atoms with Gasteiger partial charge in [0.2, 0.25) is 15.9 Å². The predicted molar refractivity (Wildman–Crippen MR) is 116 cm³/mol. The van der Waals surface area contributed by atoms with Gasteiger partial charge in [0.05, 0.1) is 23.2 Å². The number of anilines is 2. The summed E-state index contributed by atoms with van der Waals surface area (Å²) in [4.78, 5) is 25.1. The quantitative estimate of drug-likeness (QED) is 0.662. The molecule has 29 heavy (non-hydrogen) atoms. The van der Waals surface area contributed by atoms with Crippen molar-refractivity contribution in [1.29, 1.82) is 0 Å². The van der Waals surface area contributed by atoms with E-state index in [1.165, 1.54) is 6.07 Å². The average Bonchev–Trinajstić information content (AvgIpc) is 2.65. The van der Waals surface area contributed by atoms with Crippen LogP contribution in [0, 0.1) is 0 Å². The fourth-order valence-electron chi connectivity index (χ4n) is 2.55. The molecule has 1 atom stereocenters. The summed E-state index contributed by atoms with van der Waals surface area (Å²) in [6.45, 7) is 3.38. The van der Waals surface area contributed by atoms with Crippen LogP contribution >= 0.6 is 11.6 Å². The van der Waals surface area contributed by atoms with E-state index < -0.39 is 22.5 Å². The summed E-state index contributed by atoms with van der Waals surface area (Å²) in [6, 6.07) is 12.8. The van der Waals surface area contributed by atoms with Crippen LogP contribution in [0.15, 0.2) is 48.5 Å². The largest absolute Gasteiger partial charge is 0.350 e. The van der Waals surface area contributed by atoms with Crippen LogP contribution < -0.4 is 14.9 Å². The van der Waals surface area contributed by atoms with Gasteiger partial charge >= 0.3 is 0 Å². The standard InChI is InChI=1S/C20H24ClN3O4S/c1-4-14(2)22-20(26)17-10-5-6-11-18(17)23-19(25)13-24(29(3,27)28)16-9-7-8-15(21)12-16/h5-12,14H,4,13H2,1-3H3,(H,22,26)(H,23,25)/t14-/m0/s1. The number of carbonyl (C=O) groups is 2. The summed E-state index contributed by atoms with van der Waals surface area (Å²) >= 11 is 5.95. The van der Waals surface area contributed by atoms with Crippen LogP contribution in [-0.2, 0) is 14.8 Å². The molecule has 2 aromatic rings. The molecule has 0 bridgehead atoms. The van der Waals surface area contributed by atoms with E-state index >= 15 is 0 Å². The van der Waals surface area contributed by atoms with E-state index in [1.54, 1.807) is 42.5 Å². The van der Waals surface area contributed by atoms with Crippen molar-refractivity contribution >= 4 is 44.8 Å². The topological polar surface area (TPSA) is 95.6 Å². The SMILES string of the molecule is CC[C@H](C)NC(=O)c1ccccc1NC(=O)CN(c1cccc(Cl)c1)S(C)(=O)=O. The summed E-state index contributed by atoms with van der Waals surface area (Å²) < 4.78 is 25.4. The number of hydrogen-bond acceptors (Lipinski definition) is 4. The molecule has 0 radical (unpaired) electrons. The van der Waals surface area contributed by atoms with Crippen molar-refractivity contribution in [2.75, 3.05) is 22.4 Å². The monoisotopic (exact) mass is 437 g/mol. The number of sulfonamides is 1. The number of para-hydroxylation sites is 1. The molecule has 2 amide bonds. The molecule has 0 aliphatic carbocycles. The third-order valence-corrected chi connectivity index (χ3v) is 5.60. The molecule has 9 heteroatoms. The summed E-state index contributed by atoms with van der Waals surface area (Å²) in [5.41, 5.74) is 0.880. The number of carbonyl (C=O) groups excluding carboxylic acids is 2. The van der Waals surface area contributed by atoms with Crippen molar-refractivity contribution in [1.82, 2.24) is 5.32 Å². The highest BCUT2D eigenvalue weighted by atomic mass is 35.5. The fourth-order valence-corrected chi connectivity index (χ4v) is 3.58. The first kappa shape index (κ1) is 22.7. The number of nitrogens with one attached hydrogen (secondary N) is 2. The van der Waals surface area contributed by atoms with Crippen molar-refractivity contribution in [3.63, 3.8) is 0 Å². The second-order valence-corrected chi connectivity index (χ2v) is 8.97. The van der Waals surface area contributed by atoms with E-state index in [-0.39, 0.29) is 17.6 Å². The van der Waals surface area contributed by atoms with Crippen LogP contribution in [0.25, 0.3) is 0 Å². The van der Waals surface area contributed by atoms with E-state index in [1.807, 2.05) is 13.8 Å². The maximum absolute atomic E-state index is 12.6. The Balaban J connectivity index is 2.22. The third-order valence-electron chi connectivity index (χ3n) is 4.22. The number of halogens is 1. The lowest BCUT2D eigenvalue weighted by Crippen LogP contribution is -2.38. The van der Waals surface area contributed by atoms with Gasteiger partial charge in [-0.25, -0.2) is 8.42 Å². The van der Waals surface area contributed by atoms with Gasteiger partial charge in [-0.1, -0.05) is 36.7 Å². The highest BCUT2D eigenvalue weighted by molar-refractivity contribution is 7.92.